The van der Waals surface area contributed by atoms with Crippen molar-refractivity contribution in [2.75, 3.05) is 19.9 Å². The largest absolute Gasteiger partial charge is 0.454 e. The van der Waals surface area contributed by atoms with Gasteiger partial charge in [-0.1, -0.05) is 6.07 Å². The van der Waals surface area contributed by atoms with Gasteiger partial charge in [0.05, 0.1) is 6.54 Å². The molecule has 0 fully saturated rings. The SMILES string of the molecule is NCC(NCC(F)F)c1ccc2c(c1)OCO2. The summed E-state index contributed by atoms with van der Waals surface area (Å²) in [6, 6.07) is 5.00. The van der Waals surface area contributed by atoms with Gasteiger partial charge in [-0.15, -0.1) is 0 Å². The van der Waals surface area contributed by atoms with E-state index in [9.17, 15) is 8.78 Å². The van der Waals surface area contributed by atoms with Crippen LogP contribution in [0.25, 0.3) is 0 Å². The molecule has 0 spiro atoms. The van der Waals surface area contributed by atoms with Gasteiger partial charge in [0.15, 0.2) is 11.5 Å². The summed E-state index contributed by atoms with van der Waals surface area (Å²) in [5.74, 6) is 1.29. The quantitative estimate of drug-likeness (QED) is 0.819. The first-order chi connectivity index (χ1) is 8.20. The lowest BCUT2D eigenvalue weighted by Gasteiger charge is -2.17. The third-order valence-corrected chi connectivity index (χ3v) is 2.55. The normalized spacial score (nSPS) is 15.3. The first-order valence-corrected chi connectivity index (χ1v) is 5.32. The van der Waals surface area contributed by atoms with Crippen LogP contribution in [0, 0.1) is 0 Å². The molecule has 1 aromatic rings. The predicted octanol–water partition coefficient (Wildman–Crippen LogP) is 1.27. The van der Waals surface area contributed by atoms with E-state index >= 15 is 0 Å². The number of halogens is 2. The third kappa shape index (κ3) is 2.83. The Kier molecular flexibility index (Phi) is 3.75. The Balaban J connectivity index is 2.08. The van der Waals surface area contributed by atoms with Gasteiger partial charge in [0.25, 0.3) is 6.43 Å². The van der Waals surface area contributed by atoms with Crippen molar-refractivity contribution in [2.24, 2.45) is 5.73 Å². The van der Waals surface area contributed by atoms with Crippen LogP contribution in [0.1, 0.15) is 11.6 Å². The minimum atomic E-state index is -2.39. The number of ether oxygens (including phenoxy) is 2. The predicted molar refractivity (Wildman–Crippen MR) is 58.4 cm³/mol. The molecule has 1 atom stereocenters. The maximum absolute atomic E-state index is 12.1. The summed E-state index contributed by atoms with van der Waals surface area (Å²) >= 11 is 0. The maximum atomic E-state index is 12.1. The molecule has 1 unspecified atom stereocenters. The lowest BCUT2D eigenvalue weighted by Crippen LogP contribution is -2.31. The molecule has 0 saturated carbocycles. The fourth-order valence-electron chi connectivity index (χ4n) is 1.70. The molecular formula is C11H14F2N2O2. The van der Waals surface area contributed by atoms with E-state index in [2.05, 4.69) is 5.32 Å². The van der Waals surface area contributed by atoms with Crippen LogP contribution in [-0.4, -0.2) is 26.3 Å². The molecule has 0 aromatic heterocycles. The molecule has 94 valence electrons. The van der Waals surface area contributed by atoms with E-state index in [-0.39, 0.29) is 25.9 Å². The summed E-state index contributed by atoms with van der Waals surface area (Å²) in [5, 5.41) is 2.70. The molecule has 0 radical (unpaired) electrons. The van der Waals surface area contributed by atoms with Crippen molar-refractivity contribution >= 4 is 0 Å². The smallest absolute Gasteiger partial charge is 0.250 e. The molecule has 4 nitrogen and oxygen atoms in total. The highest BCUT2D eigenvalue weighted by Gasteiger charge is 2.17. The molecule has 1 aliphatic heterocycles. The van der Waals surface area contributed by atoms with Crippen LogP contribution < -0.4 is 20.5 Å². The summed E-state index contributed by atoms with van der Waals surface area (Å²) in [5.41, 5.74) is 6.37. The molecule has 2 rings (SSSR count). The molecule has 0 bridgehead atoms. The van der Waals surface area contributed by atoms with Gasteiger partial charge in [-0.25, -0.2) is 8.78 Å². The fraction of sp³-hybridized carbons (Fsp3) is 0.455. The fourth-order valence-corrected chi connectivity index (χ4v) is 1.70. The topological polar surface area (TPSA) is 56.5 Å². The van der Waals surface area contributed by atoms with Gasteiger partial charge in [-0.05, 0) is 17.7 Å². The average Bonchev–Trinajstić information content (AvgIpc) is 2.76. The number of nitrogens with two attached hydrogens (primary N) is 1. The minimum Gasteiger partial charge on any atom is -0.454 e. The van der Waals surface area contributed by atoms with E-state index in [0.29, 0.717) is 11.5 Å². The lowest BCUT2D eigenvalue weighted by atomic mass is 10.1. The van der Waals surface area contributed by atoms with Crippen LogP contribution in [0.4, 0.5) is 8.78 Å². The third-order valence-electron chi connectivity index (χ3n) is 2.55. The van der Waals surface area contributed by atoms with E-state index in [1.807, 2.05) is 0 Å². The van der Waals surface area contributed by atoms with Crippen LogP contribution >= 0.6 is 0 Å². The van der Waals surface area contributed by atoms with Crippen molar-refractivity contribution in [1.82, 2.24) is 5.32 Å². The molecule has 0 amide bonds. The second-order valence-corrected chi connectivity index (χ2v) is 3.70. The van der Waals surface area contributed by atoms with Crippen molar-refractivity contribution in [2.45, 2.75) is 12.5 Å². The molecule has 1 aliphatic rings. The van der Waals surface area contributed by atoms with Gasteiger partial charge in [0.2, 0.25) is 6.79 Å². The zero-order valence-electron chi connectivity index (χ0n) is 9.16. The number of alkyl halides is 2. The number of nitrogens with one attached hydrogen (secondary N) is 1. The summed E-state index contributed by atoms with van der Waals surface area (Å²) in [7, 11) is 0. The number of fused-ring (bicyclic) bond motifs is 1. The van der Waals surface area contributed by atoms with Gasteiger partial charge in [-0.3, -0.25) is 0 Å². The molecule has 1 heterocycles. The number of benzene rings is 1. The molecule has 17 heavy (non-hydrogen) atoms. The summed E-state index contributed by atoms with van der Waals surface area (Å²) < 4.78 is 34.6. The molecular weight excluding hydrogens is 230 g/mol. The average molecular weight is 244 g/mol. The Morgan fingerprint density at radius 3 is 2.76 bits per heavy atom. The Labute approximate surface area is 97.7 Å². The van der Waals surface area contributed by atoms with Crippen molar-refractivity contribution in [1.29, 1.82) is 0 Å². The number of hydrogen-bond donors (Lipinski definition) is 2. The van der Waals surface area contributed by atoms with Gasteiger partial charge < -0.3 is 20.5 Å². The number of hydrogen-bond acceptors (Lipinski definition) is 4. The van der Waals surface area contributed by atoms with Crippen LogP contribution in [0.5, 0.6) is 11.5 Å². The molecule has 1 aromatic carbocycles. The summed E-state index contributed by atoms with van der Waals surface area (Å²) in [6.07, 6.45) is -2.39. The Morgan fingerprint density at radius 1 is 1.29 bits per heavy atom. The van der Waals surface area contributed by atoms with Crippen LogP contribution in [-0.2, 0) is 0 Å². The highest BCUT2D eigenvalue weighted by Crippen LogP contribution is 2.33. The van der Waals surface area contributed by atoms with Crippen molar-refractivity contribution in [3.8, 4) is 11.5 Å². The van der Waals surface area contributed by atoms with Gasteiger partial charge >= 0.3 is 0 Å². The van der Waals surface area contributed by atoms with E-state index in [4.69, 9.17) is 15.2 Å². The Bertz CT molecular complexity index is 388. The second-order valence-electron chi connectivity index (χ2n) is 3.70. The zero-order valence-corrected chi connectivity index (χ0v) is 9.16. The van der Waals surface area contributed by atoms with Gasteiger partial charge in [0, 0.05) is 12.6 Å². The Morgan fingerprint density at radius 2 is 2.06 bits per heavy atom. The van der Waals surface area contributed by atoms with E-state index < -0.39 is 6.43 Å². The van der Waals surface area contributed by atoms with Crippen molar-refractivity contribution in [3.63, 3.8) is 0 Å². The van der Waals surface area contributed by atoms with Gasteiger partial charge in [-0.2, -0.15) is 0 Å². The van der Waals surface area contributed by atoms with Crippen LogP contribution in [0.3, 0.4) is 0 Å². The van der Waals surface area contributed by atoms with Crippen molar-refractivity contribution in [3.05, 3.63) is 23.8 Å². The van der Waals surface area contributed by atoms with Crippen LogP contribution in [0.2, 0.25) is 0 Å². The monoisotopic (exact) mass is 244 g/mol. The molecule has 0 saturated heterocycles. The highest BCUT2D eigenvalue weighted by molar-refractivity contribution is 5.45. The molecule has 3 N–H and O–H groups in total. The molecule has 0 aliphatic carbocycles. The molecule has 6 heteroatoms. The standard InChI is InChI=1S/C11H14F2N2O2/c12-11(13)5-15-8(4-14)7-1-2-9-10(3-7)17-6-16-9/h1-3,8,11,15H,4-6,14H2. The van der Waals surface area contributed by atoms with E-state index in [1.165, 1.54) is 0 Å². The summed E-state index contributed by atoms with van der Waals surface area (Å²) in [6.45, 7) is 0.0548. The first kappa shape index (κ1) is 12.1. The van der Waals surface area contributed by atoms with E-state index in [1.54, 1.807) is 18.2 Å². The van der Waals surface area contributed by atoms with Gasteiger partial charge in [0.1, 0.15) is 0 Å². The highest BCUT2D eigenvalue weighted by atomic mass is 19.3. The maximum Gasteiger partial charge on any atom is 0.250 e. The second kappa shape index (κ2) is 5.29. The minimum absolute atomic E-state index is 0.191. The number of rotatable bonds is 5. The van der Waals surface area contributed by atoms with Crippen LogP contribution in [0.15, 0.2) is 18.2 Å². The van der Waals surface area contributed by atoms with E-state index in [0.717, 1.165) is 5.56 Å². The summed E-state index contributed by atoms with van der Waals surface area (Å²) in [4.78, 5) is 0. The zero-order chi connectivity index (χ0) is 12.3. The Hall–Kier alpha value is -1.40. The first-order valence-electron chi connectivity index (χ1n) is 5.32. The lowest BCUT2D eigenvalue weighted by molar-refractivity contribution is 0.141. The van der Waals surface area contributed by atoms with Crippen molar-refractivity contribution < 1.29 is 18.3 Å².